The van der Waals surface area contributed by atoms with Crippen LogP contribution in [0.3, 0.4) is 0 Å². The second-order valence-electron chi connectivity index (χ2n) is 4.80. The lowest BCUT2D eigenvalue weighted by atomic mass is 10.2. The molecule has 0 aliphatic rings. The number of carbonyl (C=O) groups is 1. The Morgan fingerprint density at radius 1 is 1.21 bits per heavy atom. The van der Waals surface area contributed by atoms with E-state index in [0.29, 0.717) is 35.2 Å². The number of ether oxygens (including phenoxy) is 2. The average molecular weight is 350 g/mol. The lowest BCUT2D eigenvalue weighted by Crippen LogP contribution is -2.11. The van der Waals surface area contributed by atoms with Gasteiger partial charge < -0.3 is 14.8 Å². The SMILES string of the molecule is COCCOc1c(Cl)cccc1NC(=O)/C=C/c1ccccc1F. The van der Waals surface area contributed by atoms with Crippen LogP contribution in [0.15, 0.2) is 48.5 Å². The van der Waals surface area contributed by atoms with E-state index in [-0.39, 0.29) is 0 Å². The number of amides is 1. The first-order valence-electron chi connectivity index (χ1n) is 7.25. The van der Waals surface area contributed by atoms with Gasteiger partial charge in [0.25, 0.3) is 0 Å². The van der Waals surface area contributed by atoms with Crippen LogP contribution in [-0.2, 0) is 9.53 Å². The van der Waals surface area contributed by atoms with Crippen molar-refractivity contribution in [2.24, 2.45) is 0 Å². The Morgan fingerprint density at radius 2 is 2.00 bits per heavy atom. The van der Waals surface area contributed by atoms with Crippen molar-refractivity contribution < 1.29 is 18.7 Å². The minimum absolute atomic E-state index is 0.300. The Balaban J connectivity index is 2.08. The first-order chi connectivity index (χ1) is 11.6. The minimum atomic E-state index is -0.419. The van der Waals surface area contributed by atoms with E-state index in [0.717, 1.165) is 0 Å². The summed E-state index contributed by atoms with van der Waals surface area (Å²) in [5.41, 5.74) is 0.761. The maximum atomic E-state index is 13.5. The van der Waals surface area contributed by atoms with Crippen molar-refractivity contribution in [3.63, 3.8) is 0 Å². The molecule has 0 fully saturated rings. The molecule has 0 unspecified atom stereocenters. The number of methoxy groups -OCH3 is 1. The van der Waals surface area contributed by atoms with Crippen molar-refractivity contribution in [1.29, 1.82) is 0 Å². The molecule has 0 spiro atoms. The standard InChI is InChI=1S/C18H17ClFNO3/c1-23-11-12-24-18-14(19)6-4-8-16(18)21-17(22)10-9-13-5-2-3-7-15(13)20/h2-10H,11-12H2,1H3,(H,21,22)/b10-9+. The third-order valence-corrected chi connectivity index (χ3v) is 3.38. The number of nitrogens with one attached hydrogen (secondary N) is 1. The monoisotopic (exact) mass is 349 g/mol. The van der Waals surface area contributed by atoms with E-state index in [2.05, 4.69) is 5.32 Å². The van der Waals surface area contributed by atoms with E-state index in [1.807, 2.05) is 0 Å². The molecule has 2 rings (SSSR count). The summed E-state index contributed by atoms with van der Waals surface area (Å²) in [7, 11) is 1.56. The van der Waals surface area contributed by atoms with Gasteiger partial charge in [0.2, 0.25) is 5.91 Å². The van der Waals surface area contributed by atoms with Gasteiger partial charge in [0.1, 0.15) is 12.4 Å². The van der Waals surface area contributed by atoms with Gasteiger partial charge in [0.15, 0.2) is 5.75 Å². The lowest BCUT2D eigenvalue weighted by molar-refractivity contribution is -0.111. The number of anilines is 1. The van der Waals surface area contributed by atoms with Gasteiger partial charge in [-0.2, -0.15) is 0 Å². The number of hydrogen-bond acceptors (Lipinski definition) is 3. The number of para-hydroxylation sites is 1. The molecule has 0 saturated heterocycles. The minimum Gasteiger partial charge on any atom is -0.487 e. The maximum absolute atomic E-state index is 13.5. The van der Waals surface area contributed by atoms with Crippen LogP contribution in [0.1, 0.15) is 5.56 Å². The summed E-state index contributed by atoms with van der Waals surface area (Å²) >= 11 is 6.10. The zero-order chi connectivity index (χ0) is 17.4. The van der Waals surface area contributed by atoms with E-state index in [1.165, 1.54) is 18.2 Å². The van der Waals surface area contributed by atoms with Gasteiger partial charge in [-0.05, 0) is 24.3 Å². The molecule has 0 saturated carbocycles. The molecular formula is C18H17ClFNO3. The highest BCUT2D eigenvalue weighted by molar-refractivity contribution is 6.32. The van der Waals surface area contributed by atoms with Gasteiger partial charge in [0, 0.05) is 18.7 Å². The Hall–Kier alpha value is -2.37. The summed E-state index contributed by atoms with van der Waals surface area (Å²) in [5, 5.41) is 3.05. The molecule has 0 bridgehead atoms. The fourth-order valence-corrected chi connectivity index (χ4v) is 2.16. The van der Waals surface area contributed by atoms with Crippen LogP contribution in [-0.4, -0.2) is 26.2 Å². The average Bonchev–Trinajstić information content (AvgIpc) is 2.57. The van der Waals surface area contributed by atoms with E-state index in [1.54, 1.807) is 43.5 Å². The Kier molecular flexibility index (Phi) is 6.78. The molecule has 126 valence electrons. The highest BCUT2D eigenvalue weighted by Gasteiger charge is 2.10. The van der Waals surface area contributed by atoms with Crippen LogP contribution in [0.4, 0.5) is 10.1 Å². The molecule has 0 aromatic heterocycles. The van der Waals surface area contributed by atoms with Crippen molar-refractivity contribution in [3.05, 3.63) is 64.9 Å². The van der Waals surface area contributed by atoms with Crippen molar-refractivity contribution >= 4 is 29.3 Å². The van der Waals surface area contributed by atoms with E-state index in [4.69, 9.17) is 21.1 Å². The molecule has 1 N–H and O–H groups in total. The van der Waals surface area contributed by atoms with E-state index >= 15 is 0 Å². The van der Waals surface area contributed by atoms with Gasteiger partial charge >= 0.3 is 0 Å². The molecule has 24 heavy (non-hydrogen) atoms. The van der Waals surface area contributed by atoms with Crippen LogP contribution in [0, 0.1) is 5.82 Å². The molecule has 0 radical (unpaired) electrons. The molecule has 1 amide bonds. The number of carbonyl (C=O) groups excluding carboxylic acids is 1. The molecule has 4 nitrogen and oxygen atoms in total. The second kappa shape index (κ2) is 9.05. The Bertz CT molecular complexity index is 734. The summed E-state index contributed by atoms with van der Waals surface area (Å²) < 4.78 is 24.0. The molecule has 2 aromatic rings. The smallest absolute Gasteiger partial charge is 0.248 e. The van der Waals surface area contributed by atoms with Gasteiger partial charge in [-0.15, -0.1) is 0 Å². The summed E-state index contributed by atoms with van der Waals surface area (Å²) in [6.07, 6.45) is 2.65. The van der Waals surface area contributed by atoms with Crippen molar-refractivity contribution in [2.45, 2.75) is 0 Å². The van der Waals surface area contributed by atoms with Crippen molar-refractivity contribution in [2.75, 3.05) is 25.6 Å². The highest BCUT2D eigenvalue weighted by Crippen LogP contribution is 2.32. The van der Waals surface area contributed by atoms with Gasteiger partial charge in [-0.3, -0.25) is 4.79 Å². The van der Waals surface area contributed by atoms with Crippen molar-refractivity contribution in [1.82, 2.24) is 0 Å². The fourth-order valence-electron chi connectivity index (χ4n) is 1.93. The number of halogens is 2. The third kappa shape index (κ3) is 5.08. The fraction of sp³-hybridized carbons (Fsp3) is 0.167. The highest BCUT2D eigenvalue weighted by atomic mass is 35.5. The molecule has 0 atom stereocenters. The number of benzene rings is 2. The van der Waals surface area contributed by atoms with Crippen LogP contribution in [0.2, 0.25) is 5.02 Å². The zero-order valence-corrected chi connectivity index (χ0v) is 13.8. The van der Waals surface area contributed by atoms with Gasteiger partial charge in [-0.25, -0.2) is 4.39 Å². The summed E-state index contributed by atoms with van der Waals surface area (Å²) in [6.45, 7) is 0.694. The largest absolute Gasteiger partial charge is 0.487 e. The van der Waals surface area contributed by atoms with Crippen LogP contribution in [0.25, 0.3) is 6.08 Å². The lowest BCUT2D eigenvalue weighted by Gasteiger charge is -2.13. The predicted octanol–water partition coefficient (Wildman–Crippen LogP) is 4.16. The van der Waals surface area contributed by atoms with Crippen LogP contribution in [0.5, 0.6) is 5.75 Å². The number of hydrogen-bond donors (Lipinski definition) is 1. The zero-order valence-electron chi connectivity index (χ0n) is 13.1. The first kappa shape index (κ1) is 18.0. The topological polar surface area (TPSA) is 47.6 Å². The van der Waals surface area contributed by atoms with Gasteiger partial charge in [0.05, 0.1) is 17.3 Å². The van der Waals surface area contributed by atoms with Gasteiger partial charge in [-0.1, -0.05) is 35.9 Å². The maximum Gasteiger partial charge on any atom is 0.248 e. The number of rotatable bonds is 7. The van der Waals surface area contributed by atoms with E-state index in [9.17, 15) is 9.18 Å². The third-order valence-electron chi connectivity index (χ3n) is 3.08. The Labute approximate surface area is 144 Å². The van der Waals surface area contributed by atoms with Crippen LogP contribution < -0.4 is 10.1 Å². The summed E-state index contributed by atoms with van der Waals surface area (Å²) in [4.78, 5) is 12.0. The van der Waals surface area contributed by atoms with Crippen LogP contribution >= 0.6 is 11.6 Å². The normalized spacial score (nSPS) is 10.8. The first-order valence-corrected chi connectivity index (χ1v) is 7.63. The predicted molar refractivity (Wildman–Crippen MR) is 92.9 cm³/mol. The molecule has 0 aliphatic carbocycles. The molecule has 2 aromatic carbocycles. The molecule has 0 aliphatic heterocycles. The molecule has 0 heterocycles. The van der Waals surface area contributed by atoms with Crippen molar-refractivity contribution in [3.8, 4) is 5.75 Å². The van der Waals surface area contributed by atoms with E-state index < -0.39 is 11.7 Å². The second-order valence-corrected chi connectivity index (χ2v) is 5.21. The summed E-state index contributed by atoms with van der Waals surface area (Å²) in [6, 6.07) is 11.2. The quantitative estimate of drug-likeness (QED) is 0.603. The Morgan fingerprint density at radius 3 is 2.75 bits per heavy atom. The molecule has 6 heteroatoms. The summed E-state index contributed by atoms with van der Waals surface area (Å²) in [5.74, 6) is -0.450. The molecular weight excluding hydrogens is 333 g/mol.